The second kappa shape index (κ2) is 10.3. The van der Waals surface area contributed by atoms with E-state index < -0.39 is 0 Å². The zero-order valence-corrected chi connectivity index (χ0v) is 14.9. The van der Waals surface area contributed by atoms with Gasteiger partial charge in [0.15, 0.2) is 0 Å². The molecular formula is C19H32ClNO. The molecule has 0 radical (unpaired) electrons. The van der Waals surface area contributed by atoms with Gasteiger partial charge < -0.3 is 5.11 Å². The summed E-state index contributed by atoms with van der Waals surface area (Å²) >= 11 is 0. The van der Waals surface area contributed by atoms with E-state index in [1.807, 2.05) is 0 Å². The van der Waals surface area contributed by atoms with E-state index in [0.717, 1.165) is 25.4 Å². The minimum Gasteiger partial charge on any atom is -0.378 e. The Labute approximate surface area is 142 Å². The largest absolute Gasteiger partial charge is 0.378 e. The molecule has 1 heterocycles. The van der Waals surface area contributed by atoms with E-state index in [1.54, 1.807) is 0 Å². The van der Waals surface area contributed by atoms with E-state index in [-0.39, 0.29) is 18.6 Å². The molecule has 0 aromatic heterocycles. The van der Waals surface area contributed by atoms with Crippen LogP contribution in [0.25, 0.3) is 0 Å². The van der Waals surface area contributed by atoms with Crippen LogP contribution < -0.4 is 0 Å². The standard InChI is InChI=1S/C19H31NO.ClH/c1-16(2)11-12-18(17-9-5-3-6-10-17)15-19(21)20-13-7-4-8-14-20;/h3,5-6,9-10,16,18-19,21H,4,7-8,11-15H2,1-2H3;1H. The molecule has 2 nitrogen and oxygen atoms in total. The average molecular weight is 326 g/mol. The zero-order valence-electron chi connectivity index (χ0n) is 14.1. The Balaban J connectivity index is 0.00000242. The number of hydrogen-bond acceptors (Lipinski definition) is 2. The molecule has 0 amide bonds. The highest BCUT2D eigenvalue weighted by Crippen LogP contribution is 2.29. The van der Waals surface area contributed by atoms with Crippen molar-refractivity contribution in [1.82, 2.24) is 4.90 Å². The lowest BCUT2D eigenvalue weighted by molar-refractivity contribution is -0.0186. The zero-order chi connectivity index (χ0) is 15.1. The third-order valence-electron chi connectivity index (χ3n) is 4.67. The summed E-state index contributed by atoms with van der Waals surface area (Å²) in [6, 6.07) is 10.7. The molecule has 1 saturated heterocycles. The van der Waals surface area contributed by atoms with Gasteiger partial charge in [0.05, 0.1) is 0 Å². The molecule has 0 spiro atoms. The van der Waals surface area contributed by atoms with Gasteiger partial charge in [-0.3, -0.25) is 4.90 Å². The van der Waals surface area contributed by atoms with Crippen LogP contribution in [0.15, 0.2) is 30.3 Å². The summed E-state index contributed by atoms with van der Waals surface area (Å²) in [5.74, 6) is 1.20. The van der Waals surface area contributed by atoms with Crippen LogP contribution >= 0.6 is 12.4 Å². The van der Waals surface area contributed by atoms with E-state index in [9.17, 15) is 5.11 Å². The molecule has 126 valence electrons. The van der Waals surface area contributed by atoms with Gasteiger partial charge in [0.1, 0.15) is 6.23 Å². The molecule has 0 bridgehead atoms. The van der Waals surface area contributed by atoms with Gasteiger partial charge in [-0.25, -0.2) is 0 Å². The van der Waals surface area contributed by atoms with Crippen molar-refractivity contribution in [3.05, 3.63) is 35.9 Å². The van der Waals surface area contributed by atoms with Gasteiger partial charge in [-0.05, 0) is 43.1 Å². The van der Waals surface area contributed by atoms with Crippen molar-refractivity contribution in [3.8, 4) is 0 Å². The Hall–Kier alpha value is -0.570. The number of hydrogen-bond donors (Lipinski definition) is 1. The van der Waals surface area contributed by atoms with Gasteiger partial charge in [-0.2, -0.15) is 0 Å². The first-order valence-electron chi connectivity index (χ1n) is 8.64. The van der Waals surface area contributed by atoms with E-state index >= 15 is 0 Å². The first kappa shape index (κ1) is 19.5. The summed E-state index contributed by atoms with van der Waals surface area (Å²) in [7, 11) is 0. The molecule has 2 rings (SSSR count). The van der Waals surface area contributed by atoms with E-state index in [2.05, 4.69) is 49.1 Å². The summed E-state index contributed by atoms with van der Waals surface area (Å²) in [5.41, 5.74) is 1.38. The second-order valence-electron chi connectivity index (χ2n) is 6.89. The highest BCUT2D eigenvalue weighted by atomic mass is 35.5. The fraction of sp³-hybridized carbons (Fsp3) is 0.684. The molecule has 1 N–H and O–H groups in total. The quantitative estimate of drug-likeness (QED) is 0.776. The lowest BCUT2D eigenvalue weighted by Gasteiger charge is -2.33. The molecule has 1 aliphatic heterocycles. The maximum absolute atomic E-state index is 10.6. The van der Waals surface area contributed by atoms with Gasteiger partial charge >= 0.3 is 0 Å². The predicted molar refractivity (Wildman–Crippen MR) is 96.6 cm³/mol. The minimum atomic E-state index is -0.275. The van der Waals surface area contributed by atoms with Gasteiger partial charge in [0.25, 0.3) is 0 Å². The molecule has 2 unspecified atom stereocenters. The summed E-state index contributed by atoms with van der Waals surface area (Å²) in [6.45, 7) is 6.69. The van der Waals surface area contributed by atoms with Crippen molar-refractivity contribution in [3.63, 3.8) is 0 Å². The Kier molecular flexibility index (Phi) is 9.08. The van der Waals surface area contributed by atoms with Crippen LogP contribution in [0.1, 0.15) is 63.9 Å². The SMILES string of the molecule is CC(C)CCC(CC(O)N1CCCCC1)c1ccccc1.Cl. The molecule has 1 aliphatic rings. The number of benzene rings is 1. The van der Waals surface area contributed by atoms with E-state index in [0.29, 0.717) is 5.92 Å². The Morgan fingerprint density at radius 2 is 1.64 bits per heavy atom. The van der Waals surface area contributed by atoms with Crippen LogP contribution in [0.4, 0.5) is 0 Å². The highest BCUT2D eigenvalue weighted by molar-refractivity contribution is 5.85. The van der Waals surface area contributed by atoms with Crippen LogP contribution in [0.2, 0.25) is 0 Å². The maximum Gasteiger partial charge on any atom is 0.107 e. The number of piperidine rings is 1. The summed E-state index contributed by atoms with van der Waals surface area (Å²) in [5, 5.41) is 10.6. The molecule has 0 aliphatic carbocycles. The third kappa shape index (κ3) is 6.28. The normalized spacial score (nSPS) is 18.7. The van der Waals surface area contributed by atoms with Gasteiger partial charge in [0.2, 0.25) is 0 Å². The van der Waals surface area contributed by atoms with Crippen LogP contribution in [-0.4, -0.2) is 29.3 Å². The number of nitrogens with zero attached hydrogens (tertiary/aromatic N) is 1. The highest BCUT2D eigenvalue weighted by Gasteiger charge is 2.23. The number of likely N-dealkylation sites (tertiary alicyclic amines) is 1. The average Bonchev–Trinajstić information content (AvgIpc) is 2.52. The van der Waals surface area contributed by atoms with Gasteiger partial charge in [0, 0.05) is 13.1 Å². The lowest BCUT2D eigenvalue weighted by Crippen LogP contribution is -2.40. The summed E-state index contributed by atoms with van der Waals surface area (Å²) in [6.07, 6.45) is 6.79. The first-order valence-corrected chi connectivity index (χ1v) is 8.64. The number of halogens is 1. The van der Waals surface area contributed by atoms with Crippen molar-refractivity contribution < 1.29 is 5.11 Å². The molecule has 2 atom stereocenters. The first-order chi connectivity index (χ1) is 10.2. The Morgan fingerprint density at radius 3 is 2.23 bits per heavy atom. The van der Waals surface area contributed by atoms with Crippen molar-refractivity contribution in [2.75, 3.05) is 13.1 Å². The Bertz CT molecular complexity index is 390. The van der Waals surface area contributed by atoms with Crippen molar-refractivity contribution in [2.24, 2.45) is 5.92 Å². The molecule has 1 aromatic carbocycles. The van der Waals surface area contributed by atoms with Crippen LogP contribution in [0.5, 0.6) is 0 Å². The maximum atomic E-state index is 10.6. The second-order valence-corrected chi connectivity index (χ2v) is 6.89. The minimum absolute atomic E-state index is 0. The molecule has 22 heavy (non-hydrogen) atoms. The molecule has 3 heteroatoms. The molecule has 1 aromatic rings. The van der Waals surface area contributed by atoms with Crippen molar-refractivity contribution in [1.29, 1.82) is 0 Å². The van der Waals surface area contributed by atoms with Gasteiger partial charge in [-0.1, -0.05) is 57.0 Å². The number of rotatable bonds is 7. The number of aliphatic hydroxyl groups is 1. The fourth-order valence-electron chi connectivity index (χ4n) is 3.30. The third-order valence-corrected chi connectivity index (χ3v) is 4.67. The lowest BCUT2D eigenvalue weighted by atomic mass is 9.88. The molecule has 0 saturated carbocycles. The van der Waals surface area contributed by atoms with Crippen molar-refractivity contribution in [2.45, 2.75) is 64.5 Å². The van der Waals surface area contributed by atoms with Crippen molar-refractivity contribution >= 4 is 12.4 Å². The number of aliphatic hydroxyl groups excluding tert-OH is 1. The fourth-order valence-corrected chi connectivity index (χ4v) is 3.30. The monoisotopic (exact) mass is 325 g/mol. The topological polar surface area (TPSA) is 23.5 Å². The summed E-state index contributed by atoms with van der Waals surface area (Å²) < 4.78 is 0. The Morgan fingerprint density at radius 1 is 1.00 bits per heavy atom. The molecular weight excluding hydrogens is 294 g/mol. The van der Waals surface area contributed by atoms with Crippen LogP contribution in [0, 0.1) is 5.92 Å². The predicted octanol–water partition coefficient (Wildman–Crippen LogP) is 4.82. The van der Waals surface area contributed by atoms with Crippen LogP contribution in [-0.2, 0) is 0 Å². The van der Waals surface area contributed by atoms with Gasteiger partial charge in [-0.15, -0.1) is 12.4 Å². The molecule has 1 fully saturated rings. The van der Waals surface area contributed by atoms with E-state index in [4.69, 9.17) is 0 Å². The van der Waals surface area contributed by atoms with Crippen LogP contribution in [0.3, 0.4) is 0 Å². The summed E-state index contributed by atoms with van der Waals surface area (Å²) in [4.78, 5) is 2.27. The smallest absolute Gasteiger partial charge is 0.107 e. The van der Waals surface area contributed by atoms with E-state index in [1.165, 1.54) is 37.7 Å².